The molecule has 0 N–H and O–H groups in total. The minimum absolute atomic E-state index is 0.133. The molecule has 0 saturated carbocycles. The van der Waals surface area contributed by atoms with Gasteiger partial charge in [-0.1, -0.05) is 0 Å². The molecule has 3 aromatic heterocycles. The number of nitrogens with zero attached hydrogens (tertiary/aromatic N) is 6. The van der Waals surface area contributed by atoms with Crippen LogP contribution in [0, 0.1) is 0 Å². The van der Waals surface area contributed by atoms with Crippen LogP contribution in [-0.4, -0.2) is 68.7 Å². The molecule has 1 fully saturated rings. The average Bonchev–Trinajstić information content (AvgIpc) is 3.08. The Morgan fingerprint density at radius 1 is 1.12 bits per heavy atom. The first-order valence-electron chi connectivity index (χ1n) is 8.79. The van der Waals surface area contributed by atoms with E-state index < -0.39 is 0 Å². The van der Waals surface area contributed by atoms with Gasteiger partial charge in [-0.2, -0.15) is 5.10 Å². The topological polar surface area (TPSA) is 67.2 Å². The van der Waals surface area contributed by atoms with E-state index in [1.165, 1.54) is 0 Å². The van der Waals surface area contributed by atoms with Gasteiger partial charge < -0.3 is 9.80 Å². The van der Waals surface area contributed by atoms with E-state index in [1.54, 1.807) is 17.1 Å². The molecule has 0 aromatic carbocycles. The molecule has 1 amide bonds. The summed E-state index contributed by atoms with van der Waals surface area (Å²) in [5.41, 5.74) is 3.45. The molecular formula is C19H22N6O. The Balaban J connectivity index is 1.55. The van der Waals surface area contributed by atoms with Gasteiger partial charge in [0.15, 0.2) is 0 Å². The fraction of sp³-hybridized carbons (Fsp3) is 0.368. The van der Waals surface area contributed by atoms with Crippen LogP contribution in [-0.2, 0) is 18.3 Å². The second kappa shape index (κ2) is 6.84. The van der Waals surface area contributed by atoms with Crippen molar-refractivity contribution in [3.05, 3.63) is 42.5 Å². The van der Waals surface area contributed by atoms with E-state index in [9.17, 15) is 4.79 Å². The van der Waals surface area contributed by atoms with Crippen molar-refractivity contribution < 1.29 is 4.79 Å². The number of aromatic nitrogens is 4. The number of carbonyl (C=O) groups is 1. The molecule has 7 heteroatoms. The minimum Gasteiger partial charge on any atom is -0.340 e. The van der Waals surface area contributed by atoms with E-state index in [0.717, 1.165) is 54.0 Å². The zero-order valence-corrected chi connectivity index (χ0v) is 15.1. The van der Waals surface area contributed by atoms with Crippen molar-refractivity contribution in [2.45, 2.75) is 6.42 Å². The number of hydrogen-bond acceptors (Lipinski definition) is 5. The van der Waals surface area contributed by atoms with E-state index in [2.05, 4.69) is 22.0 Å². The molecule has 0 unspecified atom stereocenters. The van der Waals surface area contributed by atoms with Crippen LogP contribution >= 0.6 is 0 Å². The highest BCUT2D eigenvalue weighted by Gasteiger charge is 2.19. The number of amides is 1. The molecule has 1 aliphatic rings. The van der Waals surface area contributed by atoms with Gasteiger partial charge in [-0.05, 0) is 25.2 Å². The number of fused-ring (bicyclic) bond motifs is 1. The molecule has 0 atom stereocenters. The van der Waals surface area contributed by atoms with Crippen molar-refractivity contribution in [1.82, 2.24) is 29.5 Å². The van der Waals surface area contributed by atoms with E-state index in [0.29, 0.717) is 6.42 Å². The van der Waals surface area contributed by atoms with Gasteiger partial charge in [-0.3, -0.25) is 14.5 Å². The van der Waals surface area contributed by atoms with Gasteiger partial charge in [0.25, 0.3) is 0 Å². The zero-order valence-electron chi connectivity index (χ0n) is 15.1. The summed E-state index contributed by atoms with van der Waals surface area (Å²) in [6.07, 6.45) is 5.85. The molecule has 0 bridgehead atoms. The SMILES string of the molecule is CN1CCN(C(=O)Cc2cc3nc(-c4cnn(C)c4)ccc3cn2)CC1. The van der Waals surface area contributed by atoms with Gasteiger partial charge in [-0.25, -0.2) is 4.98 Å². The van der Waals surface area contributed by atoms with Crippen molar-refractivity contribution in [2.24, 2.45) is 7.05 Å². The predicted molar refractivity (Wildman–Crippen MR) is 99.5 cm³/mol. The van der Waals surface area contributed by atoms with Gasteiger partial charge >= 0.3 is 0 Å². The molecule has 1 saturated heterocycles. The zero-order chi connectivity index (χ0) is 18.1. The maximum atomic E-state index is 12.5. The van der Waals surface area contributed by atoms with Crippen molar-refractivity contribution in [3.8, 4) is 11.3 Å². The standard InChI is InChI=1S/C19H22N6O/c1-23-5-7-25(8-6-23)19(26)10-16-9-18-14(11-20-16)3-4-17(22-18)15-12-21-24(2)13-15/h3-4,9,11-13H,5-8,10H2,1-2H3. The maximum Gasteiger partial charge on any atom is 0.228 e. The molecule has 0 spiro atoms. The van der Waals surface area contributed by atoms with Gasteiger partial charge in [0, 0.05) is 56.6 Å². The highest BCUT2D eigenvalue weighted by atomic mass is 16.2. The second-order valence-electron chi connectivity index (χ2n) is 6.83. The largest absolute Gasteiger partial charge is 0.340 e. The molecular weight excluding hydrogens is 328 g/mol. The Bertz CT molecular complexity index is 942. The Labute approximate surface area is 152 Å². The molecule has 0 radical (unpaired) electrons. The number of hydrogen-bond donors (Lipinski definition) is 0. The number of piperazine rings is 1. The normalized spacial score (nSPS) is 15.5. The smallest absolute Gasteiger partial charge is 0.228 e. The molecule has 4 rings (SSSR count). The predicted octanol–water partition coefficient (Wildman–Crippen LogP) is 1.35. The van der Waals surface area contributed by atoms with Crippen LogP contribution in [0.4, 0.5) is 0 Å². The summed E-state index contributed by atoms with van der Waals surface area (Å²) < 4.78 is 1.76. The molecule has 0 aliphatic carbocycles. The number of aryl methyl sites for hydroxylation is 1. The minimum atomic E-state index is 0.133. The molecule has 4 heterocycles. The van der Waals surface area contributed by atoms with E-state index >= 15 is 0 Å². The van der Waals surface area contributed by atoms with Crippen LogP contribution in [0.5, 0.6) is 0 Å². The first-order chi connectivity index (χ1) is 12.6. The lowest BCUT2D eigenvalue weighted by Gasteiger charge is -2.32. The van der Waals surface area contributed by atoms with Crippen molar-refractivity contribution in [2.75, 3.05) is 33.2 Å². The van der Waals surface area contributed by atoms with Crippen LogP contribution in [0.2, 0.25) is 0 Å². The maximum absolute atomic E-state index is 12.5. The number of carbonyl (C=O) groups excluding carboxylic acids is 1. The summed E-state index contributed by atoms with van der Waals surface area (Å²) in [5.74, 6) is 0.133. The molecule has 1 aliphatic heterocycles. The molecule has 134 valence electrons. The fourth-order valence-electron chi connectivity index (χ4n) is 3.19. The molecule has 26 heavy (non-hydrogen) atoms. The van der Waals surface area contributed by atoms with Crippen LogP contribution in [0.25, 0.3) is 22.2 Å². The third-order valence-electron chi connectivity index (χ3n) is 4.82. The molecule has 7 nitrogen and oxygen atoms in total. The fourth-order valence-corrected chi connectivity index (χ4v) is 3.19. The van der Waals surface area contributed by atoms with Crippen LogP contribution in [0.3, 0.4) is 0 Å². The van der Waals surface area contributed by atoms with E-state index in [1.807, 2.05) is 36.3 Å². The third kappa shape index (κ3) is 3.43. The summed E-state index contributed by atoms with van der Waals surface area (Å²) in [5, 5.41) is 5.16. The Morgan fingerprint density at radius 2 is 1.92 bits per heavy atom. The van der Waals surface area contributed by atoms with Crippen LogP contribution in [0.15, 0.2) is 36.8 Å². The van der Waals surface area contributed by atoms with Crippen LogP contribution in [0.1, 0.15) is 5.69 Å². The lowest BCUT2D eigenvalue weighted by Crippen LogP contribution is -2.47. The monoisotopic (exact) mass is 350 g/mol. The first-order valence-corrected chi connectivity index (χ1v) is 8.79. The van der Waals surface area contributed by atoms with Gasteiger partial charge in [-0.15, -0.1) is 0 Å². The quantitative estimate of drug-likeness (QED) is 0.713. The highest BCUT2D eigenvalue weighted by Crippen LogP contribution is 2.20. The first kappa shape index (κ1) is 16.7. The average molecular weight is 350 g/mol. The lowest BCUT2D eigenvalue weighted by molar-refractivity contribution is -0.132. The molecule has 3 aromatic rings. The van der Waals surface area contributed by atoms with E-state index in [-0.39, 0.29) is 5.91 Å². The summed E-state index contributed by atoms with van der Waals surface area (Å²) in [4.78, 5) is 25.9. The second-order valence-corrected chi connectivity index (χ2v) is 6.83. The number of rotatable bonds is 3. The Hall–Kier alpha value is -2.80. The van der Waals surface area contributed by atoms with Gasteiger partial charge in [0.05, 0.1) is 29.5 Å². The number of pyridine rings is 2. The summed E-state index contributed by atoms with van der Waals surface area (Å²) in [7, 11) is 3.97. The Morgan fingerprint density at radius 3 is 2.65 bits per heavy atom. The van der Waals surface area contributed by atoms with E-state index in [4.69, 9.17) is 4.98 Å². The third-order valence-corrected chi connectivity index (χ3v) is 4.82. The number of likely N-dealkylation sites (N-methyl/N-ethyl adjacent to an activating group) is 1. The van der Waals surface area contributed by atoms with Crippen molar-refractivity contribution in [1.29, 1.82) is 0 Å². The summed E-state index contributed by atoms with van der Waals surface area (Å²) in [6.45, 7) is 3.42. The van der Waals surface area contributed by atoms with Crippen molar-refractivity contribution in [3.63, 3.8) is 0 Å². The summed E-state index contributed by atoms with van der Waals surface area (Å²) >= 11 is 0. The highest BCUT2D eigenvalue weighted by molar-refractivity contribution is 5.83. The van der Waals surface area contributed by atoms with Crippen molar-refractivity contribution >= 4 is 16.8 Å². The lowest BCUT2D eigenvalue weighted by atomic mass is 10.1. The Kier molecular flexibility index (Phi) is 4.38. The van der Waals surface area contributed by atoms with Gasteiger partial charge in [0.1, 0.15) is 0 Å². The summed E-state index contributed by atoms with van der Waals surface area (Å²) in [6, 6.07) is 5.89. The van der Waals surface area contributed by atoms with Crippen LogP contribution < -0.4 is 0 Å². The van der Waals surface area contributed by atoms with Gasteiger partial charge in [0.2, 0.25) is 5.91 Å².